The van der Waals surface area contributed by atoms with Crippen LogP contribution in [0.5, 0.6) is 0 Å². The Morgan fingerprint density at radius 2 is 2.00 bits per heavy atom. The lowest BCUT2D eigenvalue weighted by atomic mass is 10.3. The van der Waals surface area contributed by atoms with Crippen molar-refractivity contribution < 1.29 is 9.59 Å². The fourth-order valence-corrected chi connectivity index (χ4v) is 2.87. The van der Waals surface area contributed by atoms with Gasteiger partial charge < -0.3 is 15.6 Å². The summed E-state index contributed by atoms with van der Waals surface area (Å²) in [7, 11) is 0. The summed E-state index contributed by atoms with van der Waals surface area (Å²) in [4.78, 5) is 42.4. The zero-order chi connectivity index (χ0) is 18.4. The predicted octanol–water partition coefficient (Wildman–Crippen LogP) is 0.771. The summed E-state index contributed by atoms with van der Waals surface area (Å²) in [6.45, 7) is 0.679. The average Bonchev–Trinajstić information content (AvgIpc) is 3.32. The zero-order valence-corrected chi connectivity index (χ0v) is 14.4. The van der Waals surface area contributed by atoms with E-state index in [1.165, 1.54) is 12.5 Å². The van der Waals surface area contributed by atoms with E-state index < -0.39 is 11.5 Å². The van der Waals surface area contributed by atoms with Crippen molar-refractivity contribution in [1.29, 1.82) is 0 Å². The Bertz CT molecular complexity index is 947. The molecule has 0 aliphatic heterocycles. The fourth-order valence-electron chi connectivity index (χ4n) is 2.18. The minimum atomic E-state index is -0.501. The monoisotopic (exact) mass is 372 g/mol. The third kappa shape index (κ3) is 4.22. The van der Waals surface area contributed by atoms with E-state index in [9.17, 15) is 14.4 Å². The minimum Gasteiger partial charge on any atom is -0.352 e. The highest BCUT2D eigenvalue weighted by Crippen LogP contribution is 2.22. The van der Waals surface area contributed by atoms with Crippen LogP contribution in [-0.2, 0) is 0 Å². The molecule has 2 amide bonds. The number of carbonyl (C=O) groups excluding carboxylic acids is 2. The summed E-state index contributed by atoms with van der Waals surface area (Å²) in [5.41, 5.74) is 0.554. The number of nitrogens with zero attached hydrogens (tertiary/aromatic N) is 2. The van der Waals surface area contributed by atoms with E-state index in [-0.39, 0.29) is 11.5 Å². The number of H-pyrrole nitrogens is 2. The molecule has 0 bridgehead atoms. The number of thiophene rings is 1. The van der Waals surface area contributed by atoms with Crippen molar-refractivity contribution in [3.05, 3.63) is 57.7 Å². The van der Waals surface area contributed by atoms with Crippen LogP contribution in [0.15, 0.2) is 40.9 Å². The Kier molecular flexibility index (Phi) is 5.54. The van der Waals surface area contributed by atoms with Gasteiger partial charge in [-0.15, -0.1) is 11.3 Å². The molecule has 3 aromatic heterocycles. The smallest absolute Gasteiger partial charge is 0.271 e. The Labute approximate surface area is 151 Å². The molecule has 0 saturated heterocycles. The van der Waals surface area contributed by atoms with Crippen LogP contribution in [0.3, 0.4) is 0 Å². The van der Waals surface area contributed by atoms with Gasteiger partial charge in [0.15, 0.2) is 5.69 Å². The second-order valence-electron chi connectivity index (χ2n) is 5.30. The topological polar surface area (TPSA) is 133 Å². The average molecular weight is 372 g/mol. The molecule has 3 aromatic rings. The van der Waals surface area contributed by atoms with Crippen LogP contribution in [0.25, 0.3) is 10.6 Å². The number of hydrogen-bond acceptors (Lipinski definition) is 6. The summed E-state index contributed by atoms with van der Waals surface area (Å²) in [5, 5.41) is 14.1. The van der Waals surface area contributed by atoms with E-state index in [0.717, 1.165) is 10.6 Å². The maximum Gasteiger partial charge on any atom is 0.271 e. The van der Waals surface area contributed by atoms with Crippen LogP contribution in [0.1, 0.15) is 27.3 Å². The van der Waals surface area contributed by atoms with Crippen molar-refractivity contribution in [2.75, 3.05) is 13.1 Å². The summed E-state index contributed by atoms with van der Waals surface area (Å²) in [6, 6.07) is 5.56. The van der Waals surface area contributed by atoms with Crippen molar-refractivity contribution in [3.8, 4) is 10.6 Å². The second-order valence-corrected chi connectivity index (χ2v) is 6.25. The Balaban J connectivity index is 1.41. The van der Waals surface area contributed by atoms with Gasteiger partial charge >= 0.3 is 0 Å². The Morgan fingerprint density at radius 3 is 2.73 bits per heavy atom. The molecule has 26 heavy (non-hydrogen) atoms. The molecule has 3 heterocycles. The molecule has 0 aliphatic carbocycles. The van der Waals surface area contributed by atoms with Gasteiger partial charge in [0.1, 0.15) is 5.56 Å². The second kappa shape index (κ2) is 8.21. The van der Waals surface area contributed by atoms with Gasteiger partial charge in [-0.2, -0.15) is 5.10 Å². The molecular formula is C16H16N6O3S. The molecule has 3 rings (SSSR count). The Morgan fingerprint density at radius 1 is 1.19 bits per heavy atom. The molecule has 0 saturated carbocycles. The number of hydrogen-bond donors (Lipinski definition) is 4. The van der Waals surface area contributed by atoms with Gasteiger partial charge in [-0.3, -0.25) is 19.5 Å². The first kappa shape index (κ1) is 17.5. The molecule has 0 unspecified atom stereocenters. The van der Waals surface area contributed by atoms with E-state index in [2.05, 4.69) is 30.8 Å². The van der Waals surface area contributed by atoms with Gasteiger partial charge in [-0.05, 0) is 23.9 Å². The quantitative estimate of drug-likeness (QED) is 0.455. The normalized spacial score (nSPS) is 10.5. The first-order valence-corrected chi connectivity index (χ1v) is 8.71. The van der Waals surface area contributed by atoms with Crippen LogP contribution in [0, 0.1) is 0 Å². The molecule has 4 N–H and O–H groups in total. The summed E-state index contributed by atoms with van der Waals surface area (Å²) in [6.07, 6.45) is 2.93. The van der Waals surface area contributed by atoms with Crippen LogP contribution in [0.4, 0.5) is 0 Å². The maximum atomic E-state index is 12.1. The number of rotatable bonds is 7. The minimum absolute atomic E-state index is 0.0471. The molecule has 0 radical (unpaired) electrons. The lowest BCUT2D eigenvalue weighted by Crippen LogP contribution is -2.32. The lowest BCUT2D eigenvalue weighted by Gasteiger charge is -2.05. The number of carbonyl (C=O) groups is 2. The van der Waals surface area contributed by atoms with Crippen LogP contribution in [-0.4, -0.2) is 45.1 Å². The first-order valence-electron chi connectivity index (χ1n) is 7.83. The third-order valence-electron chi connectivity index (χ3n) is 3.48. The first-order chi connectivity index (χ1) is 12.6. The van der Waals surface area contributed by atoms with E-state index in [0.29, 0.717) is 25.2 Å². The van der Waals surface area contributed by atoms with Gasteiger partial charge in [0.05, 0.1) is 16.9 Å². The number of aromatic nitrogens is 4. The van der Waals surface area contributed by atoms with Crippen molar-refractivity contribution >= 4 is 23.2 Å². The van der Waals surface area contributed by atoms with Gasteiger partial charge in [-0.1, -0.05) is 6.07 Å². The molecule has 9 nitrogen and oxygen atoms in total. The van der Waals surface area contributed by atoms with Crippen LogP contribution in [0.2, 0.25) is 0 Å². The lowest BCUT2D eigenvalue weighted by molar-refractivity contribution is 0.0947. The predicted molar refractivity (Wildman–Crippen MR) is 96.0 cm³/mol. The highest BCUT2D eigenvalue weighted by molar-refractivity contribution is 7.13. The molecule has 0 aliphatic rings. The molecule has 0 spiro atoms. The summed E-state index contributed by atoms with van der Waals surface area (Å²) in [5.74, 6) is -0.794. The fraction of sp³-hybridized carbons (Fsp3) is 0.188. The van der Waals surface area contributed by atoms with Gasteiger partial charge in [0.25, 0.3) is 17.4 Å². The molecule has 0 aromatic carbocycles. The molecule has 0 atom stereocenters. The molecule has 0 fully saturated rings. The number of amides is 2. The molecule has 10 heteroatoms. The van der Waals surface area contributed by atoms with Crippen LogP contribution >= 0.6 is 11.3 Å². The van der Waals surface area contributed by atoms with Gasteiger partial charge in [-0.25, -0.2) is 4.98 Å². The van der Waals surface area contributed by atoms with E-state index in [1.54, 1.807) is 17.4 Å². The highest BCUT2D eigenvalue weighted by Gasteiger charge is 2.12. The van der Waals surface area contributed by atoms with Crippen molar-refractivity contribution in [3.63, 3.8) is 0 Å². The van der Waals surface area contributed by atoms with Gasteiger partial charge in [0.2, 0.25) is 0 Å². The number of aromatic amines is 2. The molecule has 134 valence electrons. The third-order valence-corrected chi connectivity index (χ3v) is 4.39. The van der Waals surface area contributed by atoms with Crippen molar-refractivity contribution in [2.24, 2.45) is 0 Å². The largest absolute Gasteiger partial charge is 0.352 e. The van der Waals surface area contributed by atoms with E-state index >= 15 is 0 Å². The van der Waals surface area contributed by atoms with E-state index in [1.807, 2.05) is 17.5 Å². The highest BCUT2D eigenvalue weighted by atomic mass is 32.1. The van der Waals surface area contributed by atoms with Crippen LogP contribution < -0.4 is 16.2 Å². The summed E-state index contributed by atoms with van der Waals surface area (Å²) >= 11 is 1.56. The number of nitrogens with one attached hydrogen (secondary N) is 4. The Hall–Kier alpha value is -3.27. The standard InChI is InChI=1S/C16H16N6O3S/c23-14(10-8-17-9-20-15(10)24)18-4-2-5-19-16(25)12-7-11(21-22-12)13-3-1-6-26-13/h1,3,6-9H,2,4-5H2,(H,18,23)(H,19,25)(H,21,22)(H,17,20,24). The maximum absolute atomic E-state index is 12.1. The van der Waals surface area contributed by atoms with Crippen molar-refractivity contribution in [2.45, 2.75) is 6.42 Å². The molecular weight excluding hydrogens is 356 g/mol. The van der Waals surface area contributed by atoms with Gasteiger partial charge in [0, 0.05) is 19.3 Å². The SMILES string of the molecule is O=C(NCCCNC(=O)c1cnc[nH]c1=O)c1cc(-c2cccs2)[nH]n1. The van der Waals surface area contributed by atoms with Crippen molar-refractivity contribution in [1.82, 2.24) is 30.8 Å². The van der Waals surface area contributed by atoms with E-state index in [4.69, 9.17) is 0 Å². The summed E-state index contributed by atoms with van der Waals surface area (Å²) < 4.78 is 0. The zero-order valence-electron chi connectivity index (χ0n) is 13.6.